The Morgan fingerprint density at radius 1 is 1.50 bits per heavy atom. The van der Waals surface area contributed by atoms with E-state index >= 15 is 0 Å². The maximum absolute atomic E-state index is 11.0. The number of hydrogen-bond donors (Lipinski definition) is 1. The van der Waals surface area contributed by atoms with Crippen LogP contribution < -0.4 is 5.32 Å². The first-order chi connectivity index (χ1) is 5.77. The highest BCUT2D eigenvalue weighted by Crippen LogP contribution is 2.36. The Balaban J connectivity index is 2.48. The molecule has 0 unspecified atom stereocenters. The van der Waals surface area contributed by atoms with Crippen LogP contribution in [0.1, 0.15) is 0 Å². The number of nitrogens with one attached hydrogen (secondary N) is 1. The molecule has 0 saturated carbocycles. The number of carbonyl (C=O) groups excluding carboxylic acids is 1. The third kappa shape index (κ3) is 1.36. The lowest BCUT2D eigenvalue weighted by molar-refractivity contribution is -0.109. The van der Waals surface area contributed by atoms with E-state index in [1.807, 2.05) is 18.2 Å². The normalized spacial score (nSPS) is 15.2. The first kappa shape index (κ1) is 8.13. The van der Waals surface area contributed by atoms with E-state index in [4.69, 9.17) is 0 Å². The van der Waals surface area contributed by atoms with Gasteiger partial charge < -0.3 is 5.32 Å². The van der Waals surface area contributed by atoms with Gasteiger partial charge in [-0.3, -0.25) is 4.79 Å². The Kier molecular flexibility index (Phi) is 2.11. The van der Waals surface area contributed by atoms with Crippen molar-refractivity contribution in [2.24, 2.45) is 0 Å². The Labute approximate surface area is 82.9 Å². The Hall–Kier alpha value is -0.480. The zero-order chi connectivity index (χ0) is 8.55. The third-order valence-corrected chi connectivity index (χ3v) is 3.20. The van der Waals surface area contributed by atoms with E-state index in [9.17, 15) is 4.79 Å². The largest absolute Gasteiger partial charge is 0.375 e. The number of fused-ring (bicyclic) bond motifs is 1. The van der Waals surface area contributed by atoms with E-state index in [0.29, 0.717) is 6.54 Å². The molecule has 2 nitrogen and oxygen atoms in total. The van der Waals surface area contributed by atoms with Crippen molar-refractivity contribution in [2.45, 2.75) is 4.90 Å². The van der Waals surface area contributed by atoms with E-state index < -0.39 is 0 Å². The maximum Gasteiger partial charge on any atom is 0.212 e. The van der Waals surface area contributed by atoms with E-state index in [1.54, 1.807) is 0 Å². The highest BCUT2D eigenvalue weighted by molar-refractivity contribution is 9.10. The van der Waals surface area contributed by atoms with Crippen LogP contribution in [0, 0.1) is 0 Å². The molecule has 62 valence electrons. The van der Waals surface area contributed by atoms with Gasteiger partial charge in [0.05, 0.1) is 12.2 Å². The number of para-hydroxylation sites is 1. The Bertz CT molecular complexity index is 340. The van der Waals surface area contributed by atoms with Gasteiger partial charge in [-0.15, -0.1) is 0 Å². The number of hydrogen-bond acceptors (Lipinski definition) is 3. The standard InChI is InChI=1S/C8H6BrNOS/c9-5-2-1-3-6-8(5)10-4-7(11)12-6/h1-3,10H,4H2. The summed E-state index contributed by atoms with van der Waals surface area (Å²) in [6, 6.07) is 5.83. The number of benzene rings is 1. The predicted octanol–water partition coefficient (Wildman–Crippen LogP) is 2.49. The molecule has 1 aromatic rings. The average molecular weight is 244 g/mol. The third-order valence-electron chi connectivity index (χ3n) is 1.61. The van der Waals surface area contributed by atoms with Crippen LogP contribution in [0.5, 0.6) is 0 Å². The summed E-state index contributed by atoms with van der Waals surface area (Å²) in [6.07, 6.45) is 0. The average Bonchev–Trinajstić information content (AvgIpc) is 2.04. The van der Waals surface area contributed by atoms with Crippen LogP contribution in [0.4, 0.5) is 5.69 Å². The molecule has 1 aromatic carbocycles. The second kappa shape index (κ2) is 3.11. The van der Waals surface area contributed by atoms with Crippen LogP contribution in [0.2, 0.25) is 0 Å². The summed E-state index contributed by atoms with van der Waals surface area (Å²) in [6.45, 7) is 0.417. The number of thioether (sulfide) groups is 1. The molecule has 0 radical (unpaired) electrons. The summed E-state index contributed by atoms with van der Waals surface area (Å²) in [4.78, 5) is 12.0. The predicted molar refractivity (Wildman–Crippen MR) is 53.5 cm³/mol. The Morgan fingerprint density at radius 3 is 3.17 bits per heavy atom. The molecule has 1 aliphatic rings. The first-order valence-corrected chi connectivity index (χ1v) is 5.11. The van der Waals surface area contributed by atoms with Gasteiger partial charge in [-0.05, 0) is 39.8 Å². The minimum Gasteiger partial charge on any atom is -0.375 e. The smallest absolute Gasteiger partial charge is 0.212 e. The molecule has 4 heteroatoms. The molecular formula is C8H6BrNOS. The zero-order valence-corrected chi connectivity index (χ0v) is 8.54. The van der Waals surface area contributed by atoms with E-state index in [0.717, 1.165) is 15.1 Å². The second-order valence-electron chi connectivity index (χ2n) is 2.44. The molecular weight excluding hydrogens is 238 g/mol. The molecule has 0 bridgehead atoms. The van der Waals surface area contributed by atoms with Crippen molar-refractivity contribution in [1.82, 2.24) is 0 Å². The van der Waals surface area contributed by atoms with Crippen molar-refractivity contribution in [1.29, 1.82) is 0 Å². The fourth-order valence-electron chi connectivity index (χ4n) is 1.08. The van der Waals surface area contributed by atoms with Crippen LogP contribution in [0.3, 0.4) is 0 Å². The maximum atomic E-state index is 11.0. The van der Waals surface area contributed by atoms with Gasteiger partial charge in [0.1, 0.15) is 0 Å². The molecule has 0 spiro atoms. The number of carbonyl (C=O) groups is 1. The lowest BCUT2D eigenvalue weighted by atomic mass is 10.3. The summed E-state index contributed by atoms with van der Waals surface area (Å²) in [5.41, 5.74) is 1.03. The number of anilines is 1. The second-order valence-corrected chi connectivity index (χ2v) is 4.39. The quantitative estimate of drug-likeness (QED) is 0.760. The molecule has 2 rings (SSSR count). The van der Waals surface area contributed by atoms with Crippen molar-refractivity contribution in [3.05, 3.63) is 22.7 Å². The van der Waals surface area contributed by atoms with E-state index in [1.165, 1.54) is 11.8 Å². The van der Waals surface area contributed by atoms with Gasteiger partial charge >= 0.3 is 0 Å². The first-order valence-electron chi connectivity index (χ1n) is 3.50. The minimum atomic E-state index is 0.167. The highest BCUT2D eigenvalue weighted by Gasteiger charge is 2.16. The molecule has 0 amide bonds. The lowest BCUT2D eigenvalue weighted by Gasteiger charge is -2.16. The van der Waals surface area contributed by atoms with Crippen molar-refractivity contribution in [2.75, 3.05) is 11.9 Å². The van der Waals surface area contributed by atoms with Crippen LogP contribution in [-0.4, -0.2) is 11.7 Å². The van der Waals surface area contributed by atoms with E-state index in [-0.39, 0.29) is 5.12 Å². The minimum absolute atomic E-state index is 0.167. The van der Waals surface area contributed by atoms with Gasteiger partial charge in [-0.25, -0.2) is 0 Å². The van der Waals surface area contributed by atoms with Crippen LogP contribution in [-0.2, 0) is 4.79 Å². The topological polar surface area (TPSA) is 29.1 Å². The van der Waals surface area contributed by atoms with Gasteiger partial charge in [0.15, 0.2) is 0 Å². The van der Waals surface area contributed by atoms with Crippen molar-refractivity contribution >= 4 is 38.5 Å². The van der Waals surface area contributed by atoms with Crippen molar-refractivity contribution in [3.8, 4) is 0 Å². The number of rotatable bonds is 0. The van der Waals surface area contributed by atoms with Crippen molar-refractivity contribution < 1.29 is 4.79 Å². The summed E-state index contributed by atoms with van der Waals surface area (Å²) >= 11 is 4.71. The molecule has 1 heterocycles. The van der Waals surface area contributed by atoms with E-state index in [2.05, 4.69) is 21.2 Å². The summed E-state index contributed by atoms with van der Waals surface area (Å²) in [7, 11) is 0. The lowest BCUT2D eigenvalue weighted by Crippen LogP contribution is -2.15. The molecule has 0 saturated heterocycles. The monoisotopic (exact) mass is 243 g/mol. The summed E-state index contributed by atoms with van der Waals surface area (Å²) < 4.78 is 1.01. The summed E-state index contributed by atoms with van der Waals surface area (Å²) in [5, 5.41) is 3.23. The number of halogens is 1. The summed E-state index contributed by atoms with van der Waals surface area (Å²) in [5.74, 6) is 0. The SMILES string of the molecule is O=C1CNc2c(Br)cccc2S1. The molecule has 1 aliphatic heterocycles. The zero-order valence-electron chi connectivity index (χ0n) is 6.13. The fraction of sp³-hybridized carbons (Fsp3) is 0.125. The van der Waals surface area contributed by atoms with Gasteiger partial charge in [-0.1, -0.05) is 6.07 Å². The fourth-order valence-corrected chi connectivity index (χ4v) is 2.54. The van der Waals surface area contributed by atoms with Crippen molar-refractivity contribution in [3.63, 3.8) is 0 Å². The molecule has 0 atom stereocenters. The van der Waals surface area contributed by atoms with Gasteiger partial charge in [0.25, 0.3) is 0 Å². The van der Waals surface area contributed by atoms with Gasteiger partial charge in [0.2, 0.25) is 5.12 Å². The Morgan fingerprint density at radius 2 is 2.33 bits per heavy atom. The molecule has 1 N–H and O–H groups in total. The molecule has 0 aromatic heterocycles. The molecule has 0 aliphatic carbocycles. The highest BCUT2D eigenvalue weighted by atomic mass is 79.9. The van der Waals surface area contributed by atoms with Crippen LogP contribution in [0.25, 0.3) is 0 Å². The van der Waals surface area contributed by atoms with Gasteiger partial charge in [-0.2, -0.15) is 0 Å². The van der Waals surface area contributed by atoms with Gasteiger partial charge in [0, 0.05) is 9.37 Å². The molecule has 0 fully saturated rings. The van der Waals surface area contributed by atoms with Crippen LogP contribution in [0.15, 0.2) is 27.6 Å². The van der Waals surface area contributed by atoms with Crippen LogP contribution >= 0.6 is 27.7 Å². The molecule has 12 heavy (non-hydrogen) atoms.